The molecule has 124 valence electrons. The molecule has 3 rings (SSSR count). The molecule has 0 atom stereocenters. The van der Waals surface area contributed by atoms with Crippen LogP contribution >= 0.6 is 0 Å². The normalized spacial score (nSPS) is 23.0. The second-order valence-electron chi connectivity index (χ2n) is 7.29. The van der Waals surface area contributed by atoms with E-state index in [0.717, 1.165) is 5.56 Å². The first kappa shape index (κ1) is 16.3. The topological polar surface area (TPSA) is 59.0 Å². The minimum absolute atomic E-state index is 0.0166. The van der Waals surface area contributed by atoms with E-state index in [1.165, 1.54) is 17.0 Å². The number of hydrogen-bond donors (Lipinski definition) is 1. The van der Waals surface area contributed by atoms with Crippen molar-refractivity contribution in [3.63, 3.8) is 0 Å². The van der Waals surface area contributed by atoms with Gasteiger partial charge in [-0.25, -0.2) is 9.18 Å². The molecule has 1 amide bonds. The van der Waals surface area contributed by atoms with Crippen LogP contribution in [0.1, 0.15) is 39.2 Å². The molecule has 0 aliphatic carbocycles. The molecule has 0 bridgehead atoms. The molecule has 0 spiro atoms. The molecule has 0 saturated carbocycles. The third kappa shape index (κ3) is 2.83. The Kier molecular flexibility index (Phi) is 3.68. The van der Waals surface area contributed by atoms with Gasteiger partial charge in [0.1, 0.15) is 5.82 Å². The third-order valence-corrected chi connectivity index (χ3v) is 5.09. The van der Waals surface area contributed by atoms with E-state index in [4.69, 9.17) is 14.4 Å². The summed E-state index contributed by atoms with van der Waals surface area (Å²) in [6.45, 7) is 8.57. The highest BCUT2D eigenvalue weighted by molar-refractivity contribution is 6.62. The molecule has 5 nitrogen and oxygen atoms in total. The van der Waals surface area contributed by atoms with Gasteiger partial charge in [0.15, 0.2) is 0 Å². The van der Waals surface area contributed by atoms with Crippen LogP contribution in [0.2, 0.25) is 0 Å². The smallest absolute Gasteiger partial charge is 0.465 e. The van der Waals surface area contributed by atoms with Crippen LogP contribution in [-0.4, -0.2) is 47.5 Å². The van der Waals surface area contributed by atoms with Crippen molar-refractivity contribution in [2.75, 3.05) is 13.1 Å². The quantitative estimate of drug-likeness (QED) is 0.849. The maximum absolute atomic E-state index is 14.0. The number of nitrogens with zero attached hydrogens (tertiary/aromatic N) is 1. The van der Waals surface area contributed by atoms with Crippen molar-refractivity contribution < 1.29 is 23.6 Å². The maximum atomic E-state index is 14.0. The van der Waals surface area contributed by atoms with E-state index in [1.807, 2.05) is 33.8 Å². The number of carbonyl (C=O) groups is 1. The fraction of sp³-hybridized carbons (Fsp3) is 0.562. The summed E-state index contributed by atoms with van der Waals surface area (Å²) in [6.07, 6.45) is -0.941. The van der Waals surface area contributed by atoms with Gasteiger partial charge in [0.2, 0.25) is 0 Å². The van der Waals surface area contributed by atoms with Crippen molar-refractivity contribution in [1.29, 1.82) is 0 Å². The minimum Gasteiger partial charge on any atom is -0.465 e. The van der Waals surface area contributed by atoms with Gasteiger partial charge in [-0.05, 0) is 50.9 Å². The Morgan fingerprint density at radius 3 is 2.30 bits per heavy atom. The maximum Gasteiger partial charge on any atom is 0.494 e. The fourth-order valence-corrected chi connectivity index (χ4v) is 2.83. The predicted molar refractivity (Wildman–Crippen MR) is 84.5 cm³/mol. The standard InChI is InChI=1S/C16H21BFNO4/c1-15(2)16(3,4)23-17(22-15)12-5-10(6-13(18)7-12)11-8-19(9-11)14(20)21/h5-7,11H,8-9H2,1-4H3,(H,20,21). The summed E-state index contributed by atoms with van der Waals surface area (Å²) in [4.78, 5) is 12.2. The van der Waals surface area contributed by atoms with Gasteiger partial charge in [0, 0.05) is 19.0 Å². The van der Waals surface area contributed by atoms with Crippen LogP contribution in [0.3, 0.4) is 0 Å². The van der Waals surface area contributed by atoms with Gasteiger partial charge >= 0.3 is 13.2 Å². The molecule has 2 aliphatic rings. The Labute approximate surface area is 135 Å². The van der Waals surface area contributed by atoms with Crippen LogP contribution in [0.4, 0.5) is 9.18 Å². The summed E-state index contributed by atoms with van der Waals surface area (Å²) >= 11 is 0. The largest absolute Gasteiger partial charge is 0.494 e. The van der Waals surface area contributed by atoms with Crippen molar-refractivity contribution >= 4 is 18.7 Å². The van der Waals surface area contributed by atoms with Gasteiger partial charge in [0.05, 0.1) is 11.2 Å². The summed E-state index contributed by atoms with van der Waals surface area (Å²) in [5.74, 6) is -0.344. The molecule has 7 heteroatoms. The summed E-state index contributed by atoms with van der Waals surface area (Å²) in [7, 11) is -0.620. The Bertz CT molecular complexity index is 627. The van der Waals surface area contributed by atoms with Crippen LogP contribution < -0.4 is 5.46 Å². The SMILES string of the molecule is CC1(C)OB(c2cc(F)cc(C3CN(C(=O)O)C3)c2)OC1(C)C. The average molecular weight is 321 g/mol. The lowest BCUT2D eigenvalue weighted by atomic mass is 9.76. The number of halogens is 1. The van der Waals surface area contributed by atoms with Crippen LogP contribution in [0.15, 0.2) is 18.2 Å². The Balaban J connectivity index is 1.81. The highest BCUT2D eigenvalue weighted by Crippen LogP contribution is 2.37. The number of rotatable bonds is 2. The molecule has 1 N–H and O–H groups in total. The second-order valence-corrected chi connectivity index (χ2v) is 7.29. The molecule has 2 fully saturated rings. The number of likely N-dealkylation sites (tertiary alicyclic amines) is 1. The molecule has 2 heterocycles. The summed E-state index contributed by atoms with van der Waals surface area (Å²) in [6, 6.07) is 4.73. The number of benzene rings is 1. The van der Waals surface area contributed by atoms with Crippen LogP contribution in [0.5, 0.6) is 0 Å². The number of carboxylic acid groups (broad SMARTS) is 1. The van der Waals surface area contributed by atoms with Gasteiger partial charge in [-0.15, -0.1) is 0 Å². The van der Waals surface area contributed by atoms with Crippen molar-refractivity contribution in [2.24, 2.45) is 0 Å². The van der Waals surface area contributed by atoms with E-state index < -0.39 is 24.4 Å². The molecular weight excluding hydrogens is 300 g/mol. The first-order chi connectivity index (χ1) is 10.6. The molecule has 2 aliphatic heterocycles. The van der Waals surface area contributed by atoms with E-state index in [1.54, 1.807) is 0 Å². The van der Waals surface area contributed by atoms with Crippen molar-refractivity contribution in [1.82, 2.24) is 4.90 Å². The monoisotopic (exact) mass is 321 g/mol. The zero-order valence-electron chi connectivity index (χ0n) is 13.8. The fourth-order valence-electron chi connectivity index (χ4n) is 2.83. The van der Waals surface area contributed by atoms with Gasteiger partial charge in [-0.2, -0.15) is 0 Å². The van der Waals surface area contributed by atoms with Crippen LogP contribution in [0, 0.1) is 5.82 Å². The van der Waals surface area contributed by atoms with Gasteiger partial charge in [0.25, 0.3) is 0 Å². The molecule has 23 heavy (non-hydrogen) atoms. The van der Waals surface area contributed by atoms with Gasteiger partial charge in [-0.1, -0.05) is 6.07 Å². The van der Waals surface area contributed by atoms with Gasteiger partial charge < -0.3 is 19.3 Å². The molecule has 0 unspecified atom stereocenters. The second kappa shape index (κ2) is 5.21. The van der Waals surface area contributed by atoms with Crippen molar-refractivity contribution in [3.8, 4) is 0 Å². The van der Waals surface area contributed by atoms with E-state index in [-0.39, 0.29) is 11.7 Å². The zero-order chi connectivity index (χ0) is 17.0. The molecule has 0 aromatic heterocycles. The van der Waals surface area contributed by atoms with E-state index in [0.29, 0.717) is 18.6 Å². The number of hydrogen-bond acceptors (Lipinski definition) is 3. The van der Waals surface area contributed by atoms with Gasteiger partial charge in [-0.3, -0.25) is 0 Å². The summed E-state index contributed by atoms with van der Waals surface area (Å²) < 4.78 is 25.9. The lowest BCUT2D eigenvalue weighted by Gasteiger charge is -2.37. The number of amides is 1. The molecule has 2 saturated heterocycles. The first-order valence-electron chi connectivity index (χ1n) is 7.73. The lowest BCUT2D eigenvalue weighted by Crippen LogP contribution is -2.48. The van der Waals surface area contributed by atoms with Crippen molar-refractivity contribution in [2.45, 2.75) is 44.8 Å². The third-order valence-electron chi connectivity index (χ3n) is 5.09. The average Bonchev–Trinajstić information content (AvgIpc) is 2.55. The molecule has 0 radical (unpaired) electrons. The Morgan fingerprint density at radius 2 is 1.78 bits per heavy atom. The van der Waals surface area contributed by atoms with Crippen LogP contribution in [0.25, 0.3) is 0 Å². The highest BCUT2D eigenvalue weighted by Gasteiger charge is 2.52. The molecular formula is C16H21BFNO4. The van der Waals surface area contributed by atoms with Crippen molar-refractivity contribution in [3.05, 3.63) is 29.6 Å². The minimum atomic E-state index is -0.941. The summed E-state index contributed by atoms with van der Waals surface area (Å²) in [5, 5.41) is 8.91. The predicted octanol–water partition coefficient (Wildman–Crippen LogP) is 2.20. The Hall–Kier alpha value is -1.60. The summed E-state index contributed by atoms with van der Waals surface area (Å²) in [5.41, 5.74) is 0.446. The molecule has 1 aromatic rings. The Morgan fingerprint density at radius 1 is 1.22 bits per heavy atom. The van der Waals surface area contributed by atoms with Crippen LogP contribution in [-0.2, 0) is 9.31 Å². The lowest BCUT2D eigenvalue weighted by molar-refractivity contribution is 0.00578. The first-order valence-corrected chi connectivity index (χ1v) is 7.73. The van der Waals surface area contributed by atoms with E-state index in [9.17, 15) is 9.18 Å². The molecule has 1 aromatic carbocycles. The van der Waals surface area contributed by atoms with E-state index in [2.05, 4.69) is 0 Å². The zero-order valence-corrected chi connectivity index (χ0v) is 13.8. The highest BCUT2D eigenvalue weighted by atomic mass is 19.1. The van der Waals surface area contributed by atoms with E-state index >= 15 is 0 Å².